The lowest BCUT2D eigenvalue weighted by Crippen LogP contribution is -2.15. The maximum Gasteiger partial charge on any atom is 0.143 e. The molecule has 54 heavy (non-hydrogen) atoms. The summed E-state index contributed by atoms with van der Waals surface area (Å²) in [6, 6.07) is 62.2. The number of benzene rings is 8. The van der Waals surface area contributed by atoms with Crippen molar-refractivity contribution in [2.24, 2.45) is 0 Å². The molecule has 0 N–H and O–H groups in total. The summed E-state index contributed by atoms with van der Waals surface area (Å²) in [7, 11) is 0. The topological polar surface area (TPSA) is 23.0 Å². The highest BCUT2D eigenvalue weighted by molar-refractivity contribution is 6.13. The van der Waals surface area contributed by atoms with E-state index < -0.39 is 0 Å². The molecule has 0 amide bonds. The lowest BCUT2D eigenvalue weighted by molar-refractivity contribution is 0.661. The Balaban J connectivity index is 1.21. The highest BCUT2D eigenvalue weighted by atomic mass is 16.3. The van der Waals surface area contributed by atoms with Crippen LogP contribution in [0.1, 0.15) is 25.0 Å². The molecule has 254 valence electrons. The molecule has 0 saturated carbocycles. The molecular weight excluding hydrogens is 657 g/mol. The van der Waals surface area contributed by atoms with Gasteiger partial charge in [0.15, 0.2) is 0 Å². The van der Waals surface area contributed by atoms with Crippen LogP contribution in [-0.2, 0) is 5.41 Å². The van der Waals surface area contributed by atoms with E-state index in [0.29, 0.717) is 0 Å². The Labute approximate surface area is 311 Å². The summed E-state index contributed by atoms with van der Waals surface area (Å²) in [4.78, 5) is 0. The molecule has 0 atom stereocenters. The van der Waals surface area contributed by atoms with Gasteiger partial charge in [-0.25, -0.2) is 0 Å². The number of hydrogen-bond donors (Lipinski definition) is 0. The summed E-state index contributed by atoms with van der Waals surface area (Å²) in [6.45, 7) is 4.73. The molecular formula is C51H34N2O. The van der Waals surface area contributed by atoms with Crippen LogP contribution in [0.4, 0.5) is 0 Å². The molecule has 1 aliphatic rings. The normalized spacial score (nSPS) is 13.5. The van der Waals surface area contributed by atoms with Crippen molar-refractivity contribution in [1.82, 2.24) is 9.13 Å². The maximum atomic E-state index is 6.67. The number of aromatic nitrogens is 2. The van der Waals surface area contributed by atoms with Crippen molar-refractivity contribution in [1.29, 1.82) is 0 Å². The van der Waals surface area contributed by atoms with Crippen LogP contribution < -0.4 is 0 Å². The lowest BCUT2D eigenvalue weighted by Gasteiger charge is -2.22. The Kier molecular flexibility index (Phi) is 5.84. The van der Waals surface area contributed by atoms with Crippen LogP contribution in [0.5, 0.6) is 0 Å². The van der Waals surface area contributed by atoms with E-state index in [-0.39, 0.29) is 5.41 Å². The first-order valence-corrected chi connectivity index (χ1v) is 18.8. The molecule has 3 heteroatoms. The molecule has 3 nitrogen and oxygen atoms in total. The first kappa shape index (κ1) is 29.7. The molecule has 0 saturated heterocycles. The van der Waals surface area contributed by atoms with E-state index in [2.05, 4.69) is 187 Å². The lowest BCUT2D eigenvalue weighted by atomic mass is 9.82. The highest BCUT2D eigenvalue weighted by Crippen LogP contribution is 2.51. The van der Waals surface area contributed by atoms with Crippen molar-refractivity contribution in [2.75, 3.05) is 0 Å². The molecule has 12 rings (SSSR count). The standard InChI is InChI=1S/C51H34N2O/c1-51(2)43-21-8-3-14-35(43)41-29-42-38-17-6-11-24-47(38)53(48(42)30-44(41)51)33-27-31(34-19-13-20-40-39-18-7-12-25-49(39)54-50(34)40)26-32(28-33)52-45-22-9-4-15-36(45)37-16-5-10-23-46(37)52/h3-30H,1-2H3. The SMILES string of the molecule is CC1(C)c2ccccc2-c2cc3c4ccccc4n(-c4cc(-c5cccc6c5oc5ccccc56)cc(-n5c6ccccc6c6ccccc65)c4)c3cc21. The second-order valence-corrected chi connectivity index (χ2v) is 15.3. The largest absolute Gasteiger partial charge is 0.455 e. The minimum atomic E-state index is -0.117. The van der Waals surface area contributed by atoms with Gasteiger partial charge in [0.05, 0.1) is 22.1 Å². The molecule has 0 spiro atoms. The molecule has 0 aliphatic heterocycles. The van der Waals surface area contributed by atoms with Crippen LogP contribution in [0, 0.1) is 0 Å². The van der Waals surface area contributed by atoms with E-state index in [1.807, 2.05) is 6.07 Å². The second-order valence-electron chi connectivity index (χ2n) is 15.3. The summed E-state index contributed by atoms with van der Waals surface area (Å²) in [6.07, 6.45) is 0. The monoisotopic (exact) mass is 690 g/mol. The van der Waals surface area contributed by atoms with Crippen LogP contribution in [0.15, 0.2) is 174 Å². The summed E-state index contributed by atoms with van der Waals surface area (Å²) < 4.78 is 11.6. The van der Waals surface area contributed by atoms with Crippen molar-refractivity contribution in [2.45, 2.75) is 19.3 Å². The van der Waals surface area contributed by atoms with Gasteiger partial charge in [-0.2, -0.15) is 0 Å². The third kappa shape index (κ3) is 3.91. The van der Waals surface area contributed by atoms with E-state index in [1.165, 1.54) is 65.9 Å². The second kappa shape index (κ2) is 10.6. The zero-order chi connectivity index (χ0) is 35.7. The van der Waals surface area contributed by atoms with Crippen LogP contribution in [-0.4, -0.2) is 9.13 Å². The molecule has 8 aromatic carbocycles. The predicted molar refractivity (Wildman–Crippen MR) is 225 cm³/mol. The summed E-state index contributed by atoms with van der Waals surface area (Å²) >= 11 is 0. The third-order valence-corrected chi connectivity index (χ3v) is 12.1. The molecule has 0 bridgehead atoms. The Bertz CT molecular complexity index is 3310. The van der Waals surface area contributed by atoms with Gasteiger partial charge in [-0.3, -0.25) is 0 Å². The fourth-order valence-electron chi connectivity index (χ4n) is 9.63. The van der Waals surface area contributed by atoms with E-state index >= 15 is 0 Å². The van der Waals surface area contributed by atoms with Gasteiger partial charge in [-0.1, -0.05) is 129 Å². The predicted octanol–water partition coefficient (Wildman–Crippen LogP) is 13.8. The number of para-hydroxylation sites is 5. The summed E-state index contributed by atoms with van der Waals surface area (Å²) in [5, 5.41) is 7.26. The molecule has 1 aliphatic carbocycles. The fraction of sp³-hybridized carbons (Fsp3) is 0.0588. The highest BCUT2D eigenvalue weighted by Gasteiger charge is 2.36. The van der Waals surface area contributed by atoms with E-state index in [9.17, 15) is 0 Å². The van der Waals surface area contributed by atoms with Crippen molar-refractivity contribution in [3.63, 3.8) is 0 Å². The van der Waals surface area contributed by atoms with Gasteiger partial charge >= 0.3 is 0 Å². The minimum Gasteiger partial charge on any atom is -0.455 e. The zero-order valence-corrected chi connectivity index (χ0v) is 30.0. The van der Waals surface area contributed by atoms with Gasteiger partial charge < -0.3 is 13.6 Å². The molecule has 11 aromatic rings. The quantitative estimate of drug-likeness (QED) is 0.181. The van der Waals surface area contributed by atoms with Crippen molar-refractivity contribution < 1.29 is 4.42 Å². The number of fused-ring (bicyclic) bond motifs is 12. The Morgan fingerprint density at radius 1 is 0.389 bits per heavy atom. The van der Waals surface area contributed by atoms with Gasteiger partial charge in [-0.05, 0) is 82.4 Å². The minimum absolute atomic E-state index is 0.117. The first-order valence-electron chi connectivity index (χ1n) is 18.8. The Morgan fingerprint density at radius 2 is 0.926 bits per heavy atom. The molecule has 3 heterocycles. The number of nitrogens with zero attached hydrogens (tertiary/aromatic N) is 2. The average molecular weight is 691 g/mol. The molecule has 3 aromatic heterocycles. The molecule has 0 radical (unpaired) electrons. The van der Waals surface area contributed by atoms with Gasteiger partial charge in [0, 0.05) is 54.7 Å². The van der Waals surface area contributed by atoms with Crippen molar-refractivity contribution >= 4 is 65.6 Å². The molecule has 0 fully saturated rings. The fourth-order valence-corrected chi connectivity index (χ4v) is 9.63. The van der Waals surface area contributed by atoms with E-state index in [0.717, 1.165) is 44.4 Å². The number of hydrogen-bond acceptors (Lipinski definition) is 1. The van der Waals surface area contributed by atoms with Crippen LogP contribution in [0.25, 0.3) is 99.2 Å². The molecule has 0 unspecified atom stereocenters. The van der Waals surface area contributed by atoms with Crippen molar-refractivity contribution in [3.05, 3.63) is 181 Å². The van der Waals surface area contributed by atoms with Gasteiger partial charge in [0.25, 0.3) is 0 Å². The Morgan fingerprint density at radius 3 is 1.63 bits per heavy atom. The van der Waals surface area contributed by atoms with Crippen molar-refractivity contribution in [3.8, 4) is 33.6 Å². The number of rotatable bonds is 3. The van der Waals surface area contributed by atoms with Crippen LogP contribution in [0.2, 0.25) is 0 Å². The van der Waals surface area contributed by atoms with Gasteiger partial charge in [-0.15, -0.1) is 0 Å². The van der Waals surface area contributed by atoms with Gasteiger partial charge in [0.2, 0.25) is 0 Å². The van der Waals surface area contributed by atoms with E-state index in [1.54, 1.807) is 0 Å². The van der Waals surface area contributed by atoms with Gasteiger partial charge in [0.1, 0.15) is 11.2 Å². The average Bonchev–Trinajstić information content (AvgIpc) is 3.92. The van der Waals surface area contributed by atoms with Crippen LogP contribution in [0.3, 0.4) is 0 Å². The van der Waals surface area contributed by atoms with Crippen LogP contribution >= 0.6 is 0 Å². The number of furan rings is 1. The zero-order valence-electron chi connectivity index (χ0n) is 30.0. The first-order chi connectivity index (χ1) is 26.5. The third-order valence-electron chi connectivity index (χ3n) is 12.1. The summed E-state index contributed by atoms with van der Waals surface area (Å²) in [5.41, 5.74) is 16.3. The maximum absolute atomic E-state index is 6.67. The Hall–Kier alpha value is -6.84. The summed E-state index contributed by atoms with van der Waals surface area (Å²) in [5.74, 6) is 0. The smallest absolute Gasteiger partial charge is 0.143 e. The van der Waals surface area contributed by atoms with E-state index in [4.69, 9.17) is 4.42 Å².